The van der Waals surface area contributed by atoms with Gasteiger partial charge in [0, 0.05) is 22.9 Å². The summed E-state index contributed by atoms with van der Waals surface area (Å²) < 4.78 is 39.3. The number of hydrogen-bond acceptors (Lipinski definition) is 8. The largest absolute Gasteiger partial charge is 0.493 e. The zero-order valence-electron chi connectivity index (χ0n) is 20.1. The fraction of sp³-hybridized carbons (Fsp3) is 0.280. The van der Waals surface area contributed by atoms with E-state index < -0.39 is 7.60 Å². The number of carbonyl (C=O) groups excluding carboxylic acids is 1. The van der Waals surface area contributed by atoms with Crippen LogP contribution in [0.3, 0.4) is 0 Å². The molecule has 186 valence electrons. The summed E-state index contributed by atoms with van der Waals surface area (Å²) in [5.74, 6) is 1.31. The van der Waals surface area contributed by atoms with Gasteiger partial charge in [0.15, 0.2) is 17.3 Å². The molecule has 0 fully saturated rings. The number of nitrogens with one attached hydrogen (secondary N) is 1. The highest BCUT2D eigenvalue weighted by molar-refractivity contribution is 7.53. The first-order valence-electron chi connectivity index (χ1n) is 11.0. The van der Waals surface area contributed by atoms with Gasteiger partial charge >= 0.3 is 7.60 Å². The Kier molecular flexibility index (Phi) is 9.25. The summed E-state index contributed by atoms with van der Waals surface area (Å²) in [6.45, 7) is 4.15. The van der Waals surface area contributed by atoms with Crippen molar-refractivity contribution < 1.29 is 32.4 Å². The first-order valence-corrected chi connectivity index (χ1v) is 12.8. The quantitative estimate of drug-likeness (QED) is 0.246. The van der Waals surface area contributed by atoms with Gasteiger partial charge in [-0.05, 0) is 55.8 Å². The molecule has 1 heterocycles. The number of aromatic nitrogens is 1. The molecule has 1 amide bonds. The molecule has 0 saturated heterocycles. The van der Waals surface area contributed by atoms with E-state index in [4.69, 9.17) is 23.0 Å². The van der Waals surface area contributed by atoms with Crippen LogP contribution < -0.4 is 14.8 Å². The summed E-state index contributed by atoms with van der Waals surface area (Å²) in [5, 5.41) is 6.64. The zero-order chi connectivity index (χ0) is 25.3. The molecule has 0 unspecified atom stereocenters. The standard InChI is InChI=1S/C25H29N2O7P/c1-5-32-35(29,33-6-2)17-18-7-11-21(12-8-18)27-24(28)14-10-20-16-26-34-25(20)19-9-13-22(30-3)23(15-19)31-4/h7-16H,5-6,17H2,1-4H3,(H,27,28)/b14-10+. The molecule has 9 nitrogen and oxygen atoms in total. The number of methoxy groups -OCH3 is 2. The van der Waals surface area contributed by atoms with E-state index in [2.05, 4.69) is 10.5 Å². The van der Waals surface area contributed by atoms with Gasteiger partial charge in [0.25, 0.3) is 0 Å². The fourth-order valence-corrected chi connectivity index (χ4v) is 5.05. The van der Waals surface area contributed by atoms with Crippen molar-refractivity contribution in [2.45, 2.75) is 20.0 Å². The predicted molar refractivity (Wildman–Crippen MR) is 134 cm³/mol. The molecule has 3 aromatic rings. The van der Waals surface area contributed by atoms with E-state index in [0.717, 1.165) is 11.1 Å². The Morgan fingerprint density at radius 3 is 2.34 bits per heavy atom. The first-order chi connectivity index (χ1) is 16.9. The number of ether oxygens (including phenoxy) is 2. The fourth-order valence-electron chi connectivity index (χ4n) is 3.35. The average molecular weight is 500 g/mol. The number of nitrogens with zero attached hydrogens (tertiary/aromatic N) is 1. The number of amides is 1. The second-order valence-corrected chi connectivity index (χ2v) is 9.36. The molecule has 0 aliphatic carbocycles. The summed E-state index contributed by atoms with van der Waals surface area (Å²) in [5.41, 5.74) is 2.74. The third kappa shape index (κ3) is 7.05. The van der Waals surface area contributed by atoms with Crippen LogP contribution in [0.1, 0.15) is 25.0 Å². The highest BCUT2D eigenvalue weighted by Gasteiger charge is 2.23. The maximum absolute atomic E-state index is 12.7. The maximum atomic E-state index is 12.7. The Labute approximate surface area is 204 Å². The Balaban J connectivity index is 1.66. The van der Waals surface area contributed by atoms with E-state index in [9.17, 15) is 9.36 Å². The smallest absolute Gasteiger partial charge is 0.335 e. The number of rotatable bonds is 12. The Morgan fingerprint density at radius 1 is 1.03 bits per heavy atom. The summed E-state index contributed by atoms with van der Waals surface area (Å²) in [7, 11) is -0.0771. The molecule has 0 aliphatic heterocycles. The van der Waals surface area contributed by atoms with E-state index in [0.29, 0.717) is 41.7 Å². The summed E-state index contributed by atoms with van der Waals surface area (Å²) in [4.78, 5) is 12.5. The molecule has 1 N–H and O–H groups in total. The Hall–Kier alpha value is -3.39. The molecule has 0 bridgehead atoms. The molecule has 0 radical (unpaired) electrons. The van der Waals surface area contributed by atoms with Gasteiger partial charge in [-0.3, -0.25) is 9.36 Å². The normalized spacial score (nSPS) is 11.5. The summed E-state index contributed by atoms with van der Waals surface area (Å²) >= 11 is 0. The van der Waals surface area contributed by atoms with Gasteiger partial charge < -0.3 is 28.4 Å². The molecule has 0 spiro atoms. The minimum absolute atomic E-state index is 0.162. The van der Waals surface area contributed by atoms with E-state index in [1.807, 2.05) is 6.07 Å². The van der Waals surface area contributed by atoms with E-state index in [1.54, 1.807) is 70.5 Å². The van der Waals surface area contributed by atoms with E-state index in [-0.39, 0.29) is 12.1 Å². The summed E-state index contributed by atoms with van der Waals surface area (Å²) in [6.07, 6.45) is 4.70. The third-order valence-corrected chi connectivity index (χ3v) is 6.96. The van der Waals surface area contributed by atoms with Crippen molar-refractivity contribution in [1.82, 2.24) is 5.16 Å². The van der Waals surface area contributed by atoms with Crippen LogP contribution in [-0.4, -0.2) is 38.5 Å². The van der Waals surface area contributed by atoms with Crippen LogP contribution in [0, 0.1) is 0 Å². The van der Waals surface area contributed by atoms with Crippen molar-refractivity contribution in [2.24, 2.45) is 0 Å². The van der Waals surface area contributed by atoms with Crippen LogP contribution in [0.5, 0.6) is 11.5 Å². The maximum Gasteiger partial charge on any atom is 0.335 e. The van der Waals surface area contributed by atoms with Crippen molar-refractivity contribution in [2.75, 3.05) is 32.8 Å². The van der Waals surface area contributed by atoms with Crippen LogP contribution in [0.15, 0.2) is 59.3 Å². The zero-order valence-corrected chi connectivity index (χ0v) is 21.0. The lowest BCUT2D eigenvalue weighted by Crippen LogP contribution is -2.07. The highest BCUT2D eigenvalue weighted by Crippen LogP contribution is 2.51. The SMILES string of the molecule is CCOP(=O)(Cc1ccc(NC(=O)/C=C/c2cnoc2-c2ccc(OC)c(OC)c2)cc1)OCC. The molecule has 10 heteroatoms. The molecule has 0 aliphatic rings. The minimum Gasteiger partial charge on any atom is -0.493 e. The van der Waals surface area contributed by atoms with Gasteiger partial charge in [-0.25, -0.2) is 0 Å². The van der Waals surface area contributed by atoms with Crippen molar-refractivity contribution in [3.8, 4) is 22.8 Å². The molecule has 3 rings (SSSR count). The predicted octanol–water partition coefficient (Wildman–Crippen LogP) is 5.78. The average Bonchev–Trinajstić information content (AvgIpc) is 3.32. The molecular weight excluding hydrogens is 471 g/mol. The van der Waals surface area contributed by atoms with Gasteiger partial charge in [-0.15, -0.1) is 0 Å². The Bertz CT molecular complexity index is 1190. The second kappa shape index (κ2) is 12.4. The number of carbonyl (C=O) groups is 1. The second-order valence-electron chi connectivity index (χ2n) is 7.30. The van der Waals surface area contributed by atoms with Crippen molar-refractivity contribution in [3.05, 3.63) is 65.9 Å². The lowest BCUT2D eigenvalue weighted by Gasteiger charge is -2.17. The molecule has 35 heavy (non-hydrogen) atoms. The molecule has 0 saturated carbocycles. The minimum atomic E-state index is -3.19. The highest BCUT2D eigenvalue weighted by atomic mass is 31.2. The Morgan fingerprint density at radius 2 is 1.71 bits per heavy atom. The molecule has 1 aromatic heterocycles. The molecular formula is C25H29N2O7P. The van der Waals surface area contributed by atoms with Crippen molar-refractivity contribution in [3.63, 3.8) is 0 Å². The molecule has 2 aromatic carbocycles. The van der Waals surface area contributed by atoms with Crippen LogP contribution in [0.4, 0.5) is 5.69 Å². The van der Waals surface area contributed by atoms with Gasteiger partial charge in [-0.1, -0.05) is 17.3 Å². The first kappa shape index (κ1) is 26.2. The number of benzene rings is 2. The monoisotopic (exact) mass is 500 g/mol. The van der Waals surface area contributed by atoms with Gasteiger partial charge in [0.05, 0.1) is 39.8 Å². The summed E-state index contributed by atoms with van der Waals surface area (Å²) in [6, 6.07) is 12.4. The topological polar surface area (TPSA) is 109 Å². The lowest BCUT2D eigenvalue weighted by molar-refractivity contribution is -0.111. The number of hydrogen-bond donors (Lipinski definition) is 1. The number of anilines is 1. The van der Waals surface area contributed by atoms with Crippen molar-refractivity contribution >= 4 is 25.3 Å². The van der Waals surface area contributed by atoms with Crippen molar-refractivity contribution in [1.29, 1.82) is 0 Å². The van der Waals surface area contributed by atoms with Crippen LogP contribution in [0.25, 0.3) is 17.4 Å². The van der Waals surface area contributed by atoms with Crippen LogP contribution in [0.2, 0.25) is 0 Å². The third-order valence-electron chi connectivity index (χ3n) is 4.91. The van der Waals surface area contributed by atoms with Crippen LogP contribution >= 0.6 is 7.60 Å². The van der Waals surface area contributed by atoms with E-state index in [1.165, 1.54) is 12.3 Å². The van der Waals surface area contributed by atoms with Gasteiger partial charge in [-0.2, -0.15) is 0 Å². The lowest BCUT2D eigenvalue weighted by atomic mass is 10.1. The van der Waals surface area contributed by atoms with Crippen LogP contribution in [-0.2, 0) is 24.6 Å². The molecule has 0 atom stereocenters. The van der Waals surface area contributed by atoms with Gasteiger partial charge in [0.2, 0.25) is 5.91 Å². The van der Waals surface area contributed by atoms with Gasteiger partial charge in [0.1, 0.15) is 0 Å². The van der Waals surface area contributed by atoms with E-state index >= 15 is 0 Å².